The molecule has 0 amide bonds. The van der Waals surface area contributed by atoms with Crippen LogP contribution in [0.25, 0.3) is 0 Å². The first-order valence-corrected chi connectivity index (χ1v) is 9.36. The van der Waals surface area contributed by atoms with E-state index in [0.29, 0.717) is 11.5 Å². The van der Waals surface area contributed by atoms with Crippen molar-refractivity contribution in [2.75, 3.05) is 0 Å². The third-order valence-corrected chi connectivity index (χ3v) is 6.42. The quantitative estimate of drug-likeness (QED) is 0.735. The number of fused-ring (bicyclic) bond motifs is 1. The van der Waals surface area contributed by atoms with E-state index in [1.165, 1.54) is 0 Å². The normalized spacial score (nSPS) is 33.0. The zero-order chi connectivity index (χ0) is 19.8. The fraction of sp³-hybridized carbons (Fsp3) is 0.478. The van der Waals surface area contributed by atoms with Gasteiger partial charge >= 0.3 is 0 Å². The summed E-state index contributed by atoms with van der Waals surface area (Å²) in [5, 5.41) is 39.0. The minimum atomic E-state index is -1.38. The summed E-state index contributed by atoms with van der Waals surface area (Å²) in [5.41, 5.74) is 0.259. The smallest absolute Gasteiger partial charge is 0.137 e. The first kappa shape index (κ1) is 18.9. The molecule has 0 saturated heterocycles. The Morgan fingerprint density at radius 1 is 1.07 bits per heavy atom. The number of nitrogens with zero attached hydrogens (tertiary/aromatic N) is 3. The molecule has 4 nitrogen and oxygen atoms in total. The van der Waals surface area contributed by atoms with E-state index >= 15 is 0 Å². The SMILES string of the molecule is CC(C)(C)[C@H]1CC=C2C(C#N)C(=N)[C@](C#N)(c3ccccc3)[C@@H](C#N)[C@@H]2C1. The van der Waals surface area contributed by atoms with Crippen LogP contribution in [0.5, 0.6) is 0 Å². The van der Waals surface area contributed by atoms with Crippen molar-refractivity contribution in [1.82, 2.24) is 0 Å². The van der Waals surface area contributed by atoms with Crippen molar-refractivity contribution < 1.29 is 0 Å². The average molecular weight is 356 g/mol. The molecule has 2 aliphatic carbocycles. The van der Waals surface area contributed by atoms with Crippen molar-refractivity contribution in [2.24, 2.45) is 29.1 Å². The van der Waals surface area contributed by atoms with Gasteiger partial charge in [-0.3, -0.25) is 0 Å². The van der Waals surface area contributed by atoms with Gasteiger partial charge in [0.25, 0.3) is 0 Å². The van der Waals surface area contributed by atoms with Gasteiger partial charge in [0.2, 0.25) is 0 Å². The number of allylic oxidation sites excluding steroid dienone is 2. The van der Waals surface area contributed by atoms with Crippen LogP contribution < -0.4 is 0 Å². The maximum atomic E-state index is 10.2. The lowest BCUT2D eigenvalue weighted by Gasteiger charge is -2.48. The number of hydrogen-bond acceptors (Lipinski definition) is 4. The number of nitrogens with one attached hydrogen (secondary N) is 1. The first-order valence-electron chi connectivity index (χ1n) is 9.36. The molecule has 2 aliphatic rings. The maximum absolute atomic E-state index is 10.2. The molecule has 5 atom stereocenters. The Hall–Kier alpha value is -2.90. The summed E-state index contributed by atoms with van der Waals surface area (Å²) < 4.78 is 0. The van der Waals surface area contributed by atoms with E-state index in [2.05, 4.69) is 45.1 Å². The molecule has 3 rings (SSSR count). The van der Waals surface area contributed by atoms with E-state index in [-0.39, 0.29) is 17.0 Å². The lowest BCUT2D eigenvalue weighted by Crippen LogP contribution is -2.54. The van der Waals surface area contributed by atoms with Crippen LogP contribution >= 0.6 is 0 Å². The van der Waals surface area contributed by atoms with E-state index in [1.54, 1.807) is 12.1 Å². The van der Waals surface area contributed by atoms with Crippen LogP contribution in [0.4, 0.5) is 0 Å². The lowest BCUT2D eigenvalue weighted by molar-refractivity contribution is 0.165. The van der Waals surface area contributed by atoms with E-state index in [9.17, 15) is 15.8 Å². The van der Waals surface area contributed by atoms with Gasteiger partial charge in [-0.15, -0.1) is 0 Å². The van der Waals surface area contributed by atoms with Crippen LogP contribution in [-0.2, 0) is 5.41 Å². The zero-order valence-electron chi connectivity index (χ0n) is 16.0. The minimum absolute atomic E-state index is 0.0435. The Labute approximate surface area is 161 Å². The molecule has 1 aromatic carbocycles. The predicted octanol–water partition coefficient (Wildman–Crippen LogP) is 4.76. The Morgan fingerprint density at radius 2 is 1.74 bits per heavy atom. The van der Waals surface area contributed by atoms with Gasteiger partial charge in [0.15, 0.2) is 0 Å². The predicted molar refractivity (Wildman–Crippen MR) is 103 cm³/mol. The second-order valence-corrected chi connectivity index (χ2v) is 8.71. The first-order chi connectivity index (χ1) is 12.8. The number of rotatable bonds is 1. The highest BCUT2D eigenvalue weighted by atomic mass is 14.7. The monoisotopic (exact) mass is 356 g/mol. The molecular weight excluding hydrogens is 332 g/mol. The summed E-state index contributed by atoms with van der Waals surface area (Å²) in [4.78, 5) is 0. The molecule has 4 heteroatoms. The van der Waals surface area contributed by atoms with E-state index in [4.69, 9.17) is 5.41 Å². The standard InChI is InChI=1S/C23H24N4/c1-22(2,3)16-9-10-17-18(11-16)20(13-25)23(14-26,21(27)19(17)12-24)15-7-5-4-6-8-15/h4-8,10,16,18-20,27H,9,11H2,1-3H3/t16-,18+,19?,20-,23+/m0/s1. The van der Waals surface area contributed by atoms with Gasteiger partial charge < -0.3 is 5.41 Å². The summed E-state index contributed by atoms with van der Waals surface area (Å²) in [6.45, 7) is 6.58. The Morgan fingerprint density at radius 3 is 2.26 bits per heavy atom. The van der Waals surface area contributed by atoms with Gasteiger partial charge in [0, 0.05) is 0 Å². The maximum Gasteiger partial charge on any atom is 0.137 e. The fourth-order valence-electron chi connectivity index (χ4n) is 4.76. The third-order valence-electron chi connectivity index (χ3n) is 6.42. The highest BCUT2D eigenvalue weighted by Gasteiger charge is 2.58. The number of benzene rings is 1. The van der Waals surface area contributed by atoms with Gasteiger partial charge in [0.05, 0.1) is 29.8 Å². The molecule has 1 unspecified atom stereocenters. The Bertz CT molecular complexity index is 901. The van der Waals surface area contributed by atoms with Crippen molar-refractivity contribution in [3.8, 4) is 18.2 Å². The Balaban J connectivity index is 2.21. The summed E-state index contributed by atoms with van der Waals surface area (Å²) in [5.74, 6) is -1.20. The highest BCUT2D eigenvalue weighted by molar-refractivity contribution is 6.02. The van der Waals surface area contributed by atoms with Gasteiger partial charge in [0.1, 0.15) is 11.3 Å². The molecule has 136 valence electrons. The second-order valence-electron chi connectivity index (χ2n) is 8.71. The second kappa shape index (κ2) is 6.68. The van der Waals surface area contributed by atoms with Gasteiger partial charge in [-0.05, 0) is 41.2 Å². The largest absolute Gasteiger partial charge is 0.306 e. The van der Waals surface area contributed by atoms with Crippen LogP contribution in [0.3, 0.4) is 0 Å². The molecule has 27 heavy (non-hydrogen) atoms. The van der Waals surface area contributed by atoms with Crippen LogP contribution in [0.1, 0.15) is 39.2 Å². The van der Waals surface area contributed by atoms with Crippen molar-refractivity contribution in [3.05, 3.63) is 47.5 Å². The molecule has 1 aromatic rings. The molecule has 0 spiro atoms. The van der Waals surface area contributed by atoms with Crippen molar-refractivity contribution in [1.29, 1.82) is 21.2 Å². The van der Waals surface area contributed by atoms with Gasteiger partial charge in [-0.2, -0.15) is 15.8 Å². The third kappa shape index (κ3) is 2.75. The molecule has 1 saturated carbocycles. The minimum Gasteiger partial charge on any atom is -0.306 e. The van der Waals surface area contributed by atoms with Crippen LogP contribution in [0, 0.1) is 68.5 Å². The number of hydrogen-bond donors (Lipinski definition) is 1. The van der Waals surface area contributed by atoms with E-state index < -0.39 is 17.3 Å². The summed E-state index contributed by atoms with van der Waals surface area (Å²) in [6, 6.07) is 16.0. The molecule has 0 bridgehead atoms. The average Bonchev–Trinajstić information content (AvgIpc) is 2.66. The topological polar surface area (TPSA) is 95.2 Å². The lowest BCUT2D eigenvalue weighted by atomic mass is 9.51. The van der Waals surface area contributed by atoms with Crippen LogP contribution in [-0.4, -0.2) is 5.71 Å². The summed E-state index contributed by atoms with van der Waals surface area (Å²) in [6.07, 6.45) is 3.70. The molecule has 0 radical (unpaired) electrons. The fourth-order valence-corrected chi connectivity index (χ4v) is 4.76. The summed E-state index contributed by atoms with van der Waals surface area (Å²) in [7, 11) is 0. The highest BCUT2D eigenvalue weighted by Crippen LogP contribution is 2.54. The molecule has 0 aromatic heterocycles. The molecule has 0 heterocycles. The molecular formula is C23H24N4. The summed E-state index contributed by atoms with van der Waals surface area (Å²) >= 11 is 0. The van der Waals surface area contributed by atoms with Gasteiger partial charge in [-0.25, -0.2) is 0 Å². The van der Waals surface area contributed by atoms with Crippen molar-refractivity contribution in [3.63, 3.8) is 0 Å². The molecule has 1 fully saturated rings. The van der Waals surface area contributed by atoms with Crippen LogP contribution in [0.2, 0.25) is 0 Å². The van der Waals surface area contributed by atoms with Gasteiger partial charge in [-0.1, -0.05) is 57.2 Å². The Kier molecular flexibility index (Phi) is 4.67. The number of nitriles is 3. The van der Waals surface area contributed by atoms with E-state index in [0.717, 1.165) is 18.4 Å². The molecule has 0 aliphatic heterocycles. The van der Waals surface area contributed by atoms with Crippen LogP contribution in [0.15, 0.2) is 42.0 Å². The molecule has 1 N–H and O–H groups in total. The van der Waals surface area contributed by atoms with Crippen molar-refractivity contribution >= 4 is 5.71 Å². The van der Waals surface area contributed by atoms with E-state index in [1.807, 2.05) is 18.2 Å². The van der Waals surface area contributed by atoms with Crippen molar-refractivity contribution in [2.45, 2.75) is 39.0 Å². The zero-order valence-corrected chi connectivity index (χ0v) is 16.0.